The minimum Gasteiger partial charge on any atom is -0.393 e. The van der Waals surface area contributed by atoms with Gasteiger partial charge in [0.1, 0.15) is 5.82 Å². The fraction of sp³-hybridized carbons (Fsp3) is 0.200. The van der Waals surface area contributed by atoms with Crippen LogP contribution in [0, 0.1) is 11.7 Å². The minimum atomic E-state index is -0.659. The Morgan fingerprint density at radius 2 is 2.25 bits per heavy atom. The Morgan fingerprint density at radius 1 is 1.62 bits per heavy atom. The monoisotopic (exact) mass is 260 g/mol. The highest BCUT2D eigenvalue weighted by atomic mass is 35.5. The number of hydrogen-bond acceptors (Lipinski definition) is 2. The molecule has 0 saturated heterocycles. The van der Waals surface area contributed by atoms with Crippen molar-refractivity contribution >= 4 is 40.4 Å². The predicted molar refractivity (Wildman–Crippen MR) is 66.0 cm³/mol. The van der Waals surface area contributed by atoms with Crippen molar-refractivity contribution in [2.45, 2.75) is 6.92 Å². The molecule has 0 fully saturated rings. The number of nitrogens with one attached hydrogen (secondary N) is 1. The van der Waals surface area contributed by atoms with Gasteiger partial charge in [-0.3, -0.25) is 4.79 Å². The fourth-order valence-corrected chi connectivity index (χ4v) is 1.24. The molecule has 1 rings (SSSR count). The standard InChI is InChI=1S/C10H10ClFN2OS/c1-5(9(13)16)10(15)14-8-4-6(11)2-3-7(8)12/h2-5H,1H3,(H2,13,16)(H,14,15). The zero-order valence-corrected chi connectivity index (χ0v) is 10.0. The van der Waals surface area contributed by atoms with Crippen molar-refractivity contribution in [1.82, 2.24) is 0 Å². The van der Waals surface area contributed by atoms with Crippen molar-refractivity contribution in [3.63, 3.8) is 0 Å². The summed E-state index contributed by atoms with van der Waals surface area (Å²) in [6, 6.07) is 3.88. The van der Waals surface area contributed by atoms with Crippen molar-refractivity contribution < 1.29 is 9.18 Å². The molecule has 86 valence electrons. The lowest BCUT2D eigenvalue weighted by molar-refractivity contribution is -0.117. The molecular weight excluding hydrogens is 251 g/mol. The Balaban J connectivity index is 2.84. The third-order valence-corrected chi connectivity index (χ3v) is 2.59. The van der Waals surface area contributed by atoms with Crippen LogP contribution >= 0.6 is 23.8 Å². The summed E-state index contributed by atoms with van der Waals surface area (Å²) < 4.78 is 13.3. The van der Waals surface area contributed by atoms with E-state index in [-0.39, 0.29) is 10.7 Å². The lowest BCUT2D eigenvalue weighted by atomic mass is 10.1. The molecule has 0 aliphatic carbocycles. The van der Waals surface area contributed by atoms with E-state index in [1.807, 2.05) is 0 Å². The number of nitrogens with two attached hydrogens (primary N) is 1. The SMILES string of the molecule is CC(C(=O)Nc1cc(Cl)ccc1F)C(N)=S. The van der Waals surface area contributed by atoms with E-state index in [1.165, 1.54) is 18.2 Å². The second-order valence-electron chi connectivity index (χ2n) is 3.24. The molecule has 0 aliphatic heterocycles. The highest BCUT2D eigenvalue weighted by molar-refractivity contribution is 7.80. The number of carbonyl (C=O) groups excluding carboxylic acids is 1. The maximum atomic E-state index is 13.3. The molecular formula is C10H10ClFN2OS. The molecule has 3 N–H and O–H groups in total. The molecule has 1 aromatic rings. The summed E-state index contributed by atoms with van der Waals surface area (Å²) in [7, 11) is 0. The van der Waals surface area contributed by atoms with Gasteiger partial charge in [0, 0.05) is 5.02 Å². The number of carbonyl (C=O) groups is 1. The maximum absolute atomic E-state index is 13.3. The first kappa shape index (κ1) is 12.9. The Hall–Kier alpha value is -1.20. The van der Waals surface area contributed by atoms with Gasteiger partial charge < -0.3 is 11.1 Å². The quantitative estimate of drug-likeness (QED) is 0.821. The van der Waals surface area contributed by atoms with E-state index in [0.717, 1.165) is 0 Å². The van der Waals surface area contributed by atoms with Crippen LogP contribution in [0.2, 0.25) is 5.02 Å². The third kappa shape index (κ3) is 3.15. The molecule has 1 aromatic carbocycles. The Bertz CT molecular complexity index is 439. The van der Waals surface area contributed by atoms with Crippen LogP contribution in [0.5, 0.6) is 0 Å². The Labute approximate surface area is 103 Å². The van der Waals surface area contributed by atoms with E-state index < -0.39 is 17.6 Å². The Morgan fingerprint density at radius 3 is 2.81 bits per heavy atom. The number of amides is 1. The molecule has 1 unspecified atom stereocenters. The van der Waals surface area contributed by atoms with Gasteiger partial charge in [0.2, 0.25) is 5.91 Å². The first-order chi connectivity index (χ1) is 7.41. The van der Waals surface area contributed by atoms with E-state index in [0.29, 0.717) is 5.02 Å². The molecule has 1 atom stereocenters. The topological polar surface area (TPSA) is 55.1 Å². The number of rotatable bonds is 3. The molecule has 0 heterocycles. The molecule has 0 radical (unpaired) electrons. The first-order valence-electron chi connectivity index (χ1n) is 4.47. The van der Waals surface area contributed by atoms with Gasteiger partial charge in [-0.2, -0.15) is 0 Å². The van der Waals surface area contributed by atoms with Crippen molar-refractivity contribution in [2.24, 2.45) is 11.7 Å². The highest BCUT2D eigenvalue weighted by Crippen LogP contribution is 2.20. The van der Waals surface area contributed by atoms with Crippen LogP contribution in [0.1, 0.15) is 6.92 Å². The lowest BCUT2D eigenvalue weighted by Crippen LogP contribution is -2.31. The summed E-state index contributed by atoms with van der Waals surface area (Å²) in [5.74, 6) is -1.69. The molecule has 6 heteroatoms. The van der Waals surface area contributed by atoms with Crippen molar-refractivity contribution in [3.05, 3.63) is 29.0 Å². The highest BCUT2D eigenvalue weighted by Gasteiger charge is 2.17. The van der Waals surface area contributed by atoms with E-state index in [4.69, 9.17) is 17.3 Å². The average Bonchev–Trinajstić information content (AvgIpc) is 2.22. The zero-order chi connectivity index (χ0) is 12.3. The summed E-state index contributed by atoms with van der Waals surface area (Å²) in [5.41, 5.74) is 5.32. The van der Waals surface area contributed by atoms with Crippen molar-refractivity contribution in [2.75, 3.05) is 5.32 Å². The van der Waals surface area contributed by atoms with Gasteiger partial charge >= 0.3 is 0 Å². The maximum Gasteiger partial charge on any atom is 0.234 e. The Kier molecular flexibility index (Phi) is 4.20. The smallest absolute Gasteiger partial charge is 0.234 e. The van der Waals surface area contributed by atoms with Crippen LogP contribution < -0.4 is 11.1 Å². The molecule has 1 amide bonds. The summed E-state index contributed by atoms with van der Waals surface area (Å²) in [5, 5.41) is 2.70. The number of thiocarbonyl (C=S) groups is 1. The minimum absolute atomic E-state index is 0.0144. The van der Waals surface area contributed by atoms with Crippen LogP contribution in [0.15, 0.2) is 18.2 Å². The van der Waals surface area contributed by atoms with Gasteiger partial charge in [-0.25, -0.2) is 4.39 Å². The molecule has 0 saturated carbocycles. The molecule has 3 nitrogen and oxygen atoms in total. The summed E-state index contributed by atoms with van der Waals surface area (Å²) in [6.45, 7) is 1.54. The van der Waals surface area contributed by atoms with Gasteiger partial charge in [-0.05, 0) is 25.1 Å². The fourth-order valence-electron chi connectivity index (χ4n) is 0.963. The first-order valence-corrected chi connectivity index (χ1v) is 5.25. The van der Waals surface area contributed by atoms with Crippen LogP contribution in [0.25, 0.3) is 0 Å². The van der Waals surface area contributed by atoms with Gasteiger partial charge in [0.25, 0.3) is 0 Å². The predicted octanol–water partition coefficient (Wildman–Crippen LogP) is 2.34. The summed E-state index contributed by atoms with van der Waals surface area (Å²) >= 11 is 10.3. The number of benzene rings is 1. The van der Waals surface area contributed by atoms with E-state index in [1.54, 1.807) is 6.92 Å². The summed E-state index contributed by atoms with van der Waals surface area (Å²) in [4.78, 5) is 11.6. The van der Waals surface area contributed by atoms with Crippen LogP contribution in [-0.2, 0) is 4.79 Å². The number of anilines is 1. The average molecular weight is 261 g/mol. The van der Waals surface area contributed by atoms with E-state index in [9.17, 15) is 9.18 Å². The van der Waals surface area contributed by atoms with Crippen molar-refractivity contribution in [1.29, 1.82) is 0 Å². The van der Waals surface area contributed by atoms with Gasteiger partial charge in [-0.15, -0.1) is 0 Å². The van der Waals surface area contributed by atoms with Crippen LogP contribution in [-0.4, -0.2) is 10.9 Å². The molecule has 16 heavy (non-hydrogen) atoms. The second kappa shape index (κ2) is 5.23. The molecule has 0 bridgehead atoms. The third-order valence-electron chi connectivity index (χ3n) is 2.01. The normalized spacial score (nSPS) is 11.9. The van der Waals surface area contributed by atoms with Crippen LogP contribution in [0.3, 0.4) is 0 Å². The molecule has 0 aliphatic rings. The van der Waals surface area contributed by atoms with Crippen LogP contribution in [0.4, 0.5) is 10.1 Å². The largest absolute Gasteiger partial charge is 0.393 e. The van der Waals surface area contributed by atoms with Gasteiger partial charge in [-0.1, -0.05) is 23.8 Å². The van der Waals surface area contributed by atoms with E-state index in [2.05, 4.69) is 17.5 Å². The zero-order valence-electron chi connectivity index (χ0n) is 8.46. The van der Waals surface area contributed by atoms with E-state index >= 15 is 0 Å². The van der Waals surface area contributed by atoms with Gasteiger partial charge in [0.15, 0.2) is 0 Å². The summed E-state index contributed by atoms with van der Waals surface area (Å²) in [6.07, 6.45) is 0. The number of hydrogen-bond donors (Lipinski definition) is 2. The van der Waals surface area contributed by atoms with Crippen molar-refractivity contribution in [3.8, 4) is 0 Å². The second-order valence-corrected chi connectivity index (χ2v) is 4.15. The molecule has 0 aromatic heterocycles. The lowest BCUT2D eigenvalue weighted by Gasteiger charge is -2.11. The molecule has 0 spiro atoms. The van der Waals surface area contributed by atoms with Gasteiger partial charge in [0.05, 0.1) is 16.6 Å². The number of halogens is 2.